The fourth-order valence-electron chi connectivity index (χ4n) is 3.50. The van der Waals surface area contributed by atoms with Crippen LogP contribution in [0.5, 0.6) is 0 Å². The van der Waals surface area contributed by atoms with Crippen LogP contribution in [0.3, 0.4) is 0 Å². The van der Waals surface area contributed by atoms with Crippen LogP contribution in [0.25, 0.3) is 0 Å². The summed E-state index contributed by atoms with van der Waals surface area (Å²) in [7, 11) is 0. The molecule has 3 heteroatoms. The third kappa shape index (κ3) is 3.07. The van der Waals surface area contributed by atoms with Crippen LogP contribution in [-0.2, 0) is 0 Å². The first-order valence-electron chi connectivity index (χ1n) is 8.30. The Kier molecular flexibility index (Phi) is 4.18. The Balaban J connectivity index is 1.86. The first kappa shape index (κ1) is 14.4. The maximum absolute atomic E-state index is 12.1. The van der Waals surface area contributed by atoms with Gasteiger partial charge in [0.1, 0.15) is 0 Å². The number of hydrogen-bond donors (Lipinski definition) is 0. The number of hydrogen-bond acceptors (Lipinski definition) is 3. The highest BCUT2D eigenvalue weighted by molar-refractivity contribution is 6.00. The molecule has 21 heavy (non-hydrogen) atoms. The molecule has 114 valence electrons. The summed E-state index contributed by atoms with van der Waals surface area (Å²) in [5, 5.41) is 0. The lowest BCUT2D eigenvalue weighted by atomic mass is 9.98. The summed E-state index contributed by atoms with van der Waals surface area (Å²) >= 11 is 0. The Labute approximate surface area is 127 Å². The minimum Gasteiger partial charge on any atom is -0.371 e. The third-order valence-electron chi connectivity index (χ3n) is 4.95. The van der Waals surface area contributed by atoms with E-state index >= 15 is 0 Å². The van der Waals surface area contributed by atoms with Gasteiger partial charge in [0.2, 0.25) is 0 Å². The van der Waals surface area contributed by atoms with Gasteiger partial charge in [-0.05, 0) is 56.7 Å². The van der Waals surface area contributed by atoms with Gasteiger partial charge in [-0.15, -0.1) is 0 Å². The van der Waals surface area contributed by atoms with E-state index in [0.29, 0.717) is 0 Å². The van der Waals surface area contributed by atoms with Gasteiger partial charge in [0, 0.05) is 43.1 Å². The van der Waals surface area contributed by atoms with Gasteiger partial charge < -0.3 is 9.80 Å². The number of Topliss-reactive ketones (excluding diaryl/α,β-unsaturated/α-hetero) is 1. The molecule has 0 radical (unpaired) electrons. The van der Waals surface area contributed by atoms with Crippen LogP contribution in [0.1, 0.15) is 49.9 Å². The van der Waals surface area contributed by atoms with Gasteiger partial charge in [-0.2, -0.15) is 0 Å². The van der Waals surface area contributed by atoms with E-state index in [1.807, 2.05) is 0 Å². The quantitative estimate of drug-likeness (QED) is 0.791. The lowest BCUT2D eigenvalue weighted by Crippen LogP contribution is -2.33. The predicted molar refractivity (Wildman–Crippen MR) is 88.5 cm³/mol. The molecule has 2 heterocycles. The Bertz CT molecular complexity index is 512. The average molecular weight is 286 g/mol. The van der Waals surface area contributed by atoms with Gasteiger partial charge in [-0.25, -0.2) is 0 Å². The zero-order chi connectivity index (χ0) is 14.8. The lowest BCUT2D eigenvalue weighted by molar-refractivity contribution is 0.101. The zero-order valence-electron chi connectivity index (χ0n) is 13.3. The Morgan fingerprint density at radius 3 is 2.33 bits per heavy atom. The van der Waals surface area contributed by atoms with Crippen molar-refractivity contribution in [3.8, 4) is 0 Å². The minimum atomic E-state index is 0.184. The highest BCUT2D eigenvalue weighted by Gasteiger charge is 2.21. The van der Waals surface area contributed by atoms with E-state index in [2.05, 4.69) is 34.9 Å². The normalized spacial score (nSPS) is 20.1. The second kappa shape index (κ2) is 6.08. The molecule has 2 aliphatic heterocycles. The van der Waals surface area contributed by atoms with Crippen LogP contribution in [0, 0.1) is 5.92 Å². The van der Waals surface area contributed by atoms with Crippen molar-refractivity contribution in [2.24, 2.45) is 5.92 Å². The Morgan fingerprint density at radius 1 is 1.05 bits per heavy atom. The molecule has 0 unspecified atom stereocenters. The number of anilines is 2. The minimum absolute atomic E-state index is 0.184. The van der Waals surface area contributed by atoms with E-state index in [4.69, 9.17) is 0 Å². The van der Waals surface area contributed by atoms with Crippen LogP contribution in [0.2, 0.25) is 0 Å². The summed E-state index contributed by atoms with van der Waals surface area (Å²) < 4.78 is 0. The van der Waals surface area contributed by atoms with Crippen molar-refractivity contribution < 1.29 is 4.79 Å². The predicted octanol–water partition coefficient (Wildman–Crippen LogP) is 3.73. The number of piperidine rings is 1. The van der Waals surface area contributed by atoms with Gasteiger partial charge in [-0.3, -0.25) is 4.79 Å². The zero-order valence-corrected chi connectivity index (χ0v) is 13.3. The number of carbonyl (C=O) groups excluding carboxylic acids is 1. The molecule has 1 aromatic rings. The molecule has 2 fully saturated rings. The van der Waals surface area contributed by atoms with E-state index in [9.17, 15) is 4.79 Å². The van der Waals surface area contributed by atoms with Crippen molar-refractivity contribution in [2.45, 2.75) is 39.5 Å². The van der Waals surface area contributed by atoms with Gasteiger partial charge >= 0.3 is 0 Å². The fourth-order valence-corrected chi connectivity index (χ4v) is 3.50. The summed E-state index contributed by atoms with van der Waals surface area (Å²) in [5.74, 6) is 1.02. The van der Waals surface area contributed by atoms with Crippen LogP contribution in [-0.4, -0.2) is 32.0 Å². The lowest BCUT2D eigenvalue weighted by Gasteiger charge is -2.33. The van der Waals surface area contributed by atoms with Gasteiger partial charge in [0.05, 0.1) is 0 Å². The number of ketones is 1. The molecule has 3 nitrogen and oxygen atoms in total. The number of carbonyl (C=O) groups is 1. The smallest absolute Gasteiger partial charge is 0.161 e. The molecule has 0 N–H and O–H groups in total. The van der Waals surface area contributed by atoms with E-state index in [1.54, 1.807) is 6.92 Å². The van der Waals surface area contributed by atoms with Crippen molar-refractivity contribution in [1.82, 2.24) is 0 Å². The van der Waals surface area contributed by atoms with Crippen LogP contribution < -0.4 is 9.80 Å². The SMILES string of the molecule is CC(=O)c1cc(N2CCC(C)CC2)ccc1N1CCCC1. The first-order valence-corrected chi connectivity index (χ1v) is 8.30. The van der Waals surface area contributed by atoms with E-state index in [0.717, 1.165) is 43.3 Å². The van der Waals surface area contributed by atoms with Crippen LogP contribution in [0.15, 0.2) is 18.2 Å². The maximum Gasteiger partial charge on any atom is 0.161 e. The van der Waals surface area contributed by atoms with E-state index in [1.165, 1.54) is 31.4 Å². The summed E-state index contributed by atoms with van der Waals surface area (Å²) in [6.07, 6.45) is 4.98. The summed E-state index contributed by atoms with van der Waals surface area (Å²) in [6, 6.07) is 6.48. The van der Waals surface area contributed by atoms with E-state index in [-0.39, 0.29) is 5.78 Å². The molecule has 0 saturated carbocycles. The molecule has 0 aromatic heterocycles. The largest absolute Gasteiger partial charge is 0.371 e. The number of rotatable bonds is 3. The molecular weight excluding hydrogens is 260 g/mol. The molecule has 2 saturated heterocycles. The van der Waals surface area contributed by atoms with E-state index < -0.39 is 0 Å². The second-order valence-corrected chi connectivity index (χ2v) is 6.62. The first-order chi connectivity index (χ1) is 10.1. The highest BCUT2D eigenvalue weighted by Crippen LogP contribution is 2.31. The monoisotopic (exact) mass is 286 g/mol. The van der Waals surface area contributed by atoms with Crippen LogP contribution in [0.4, 0.5) is 11.4 Å². The molecule has 0 atom stereocenters. The topological polar surface area (TPSA) is 23.6 Å². The molecule has 3 rings (SSSR count). The van der Waals surface area contributed by atoms with Crippen molar-refractivity contribution >= 4 is 17.2 Å². The summed E-state index contributed by atoms with van der Waals surface area (Å²) in [5.41, 5.74) is 3.25. The molecule has 1 aromatic carbocycles. The summed E-state index contributed by atoms with van der Waals surface area (Å²) in [4.78, 5) is 16.9. The summed E-state index contributed by atoms with van der Waals surface area (Å²) in [6.45, 7) is 8.41. The Morgan fingerprint density at radius 2 is 1.71 bits per heavy atom. The van der Waals surface area contributed by atoms with Crippen molar-refractivity contribution in [2.75, 3.05) is 36.0 Å². The van der Waals surface area contributed by atoms with Gasteiger partial charge in [0.25, 0.3) is 0 Å². The molecule has 2 aliphatic rings. The third-order valence-corrected chi connectivity index (χ3v) is 4.95. The molecule has 0 aliphatic carbocycles. The van der Waals surface area contributed by atoms with Gasteiger partial charge in [-0.1, -0.05) is 6.92 Å². The average Bonchev–Trinajstić information content (AvgIpc) is 3.01. The van der Waals surface area contributed by atoms with Crippen molar-refractivity contribution in [1.29, 1.82) is 0 Å². The molecule has 0 amide bonds. The molecular formula is C18H26N2O. The van der Waals surface area contributed by atoms with Crippen molar-refractivity contribution in [3.05, 3.63) is 23.8 Å². The Hall–Kier alpha value is -1.51. The number of nitrogens with zero attached hydrogens (tertiary/aromatic N) is 2. The van der Waals surface area contributed by atoms with Crippen LogP contribution >= 0.6 is 0 Å². The standard InChI is InChI=1S/C18H26N2O/c1-14-7-11-19(12-8-14)16-5-6-18(17(13-16)15(2)21)20-9-3-4-10-20/h5-6,13-14H,3-4,7-12H2,1-2H3. The maximum atomic E-state index is 12.1. The number of benzene rings is 1. The second-order valence-electron chi connectivity index (χ2n) is 6.62. The molecule has 0 spiro atoms. The van der Waals surface area contributed by atoms with Crippen molar-refractivity contribution in [3.63, 3.8) is 0 Å². The molecule has 0 bridgehead atoms. The fraction of sp³-hybridized carbons (Fsp3) is 0.611. The highest BCUT2D eigenvalue weighted by atomic mass is 16.1. The van der Waals surface area contributed by atoms with Gasteiger partial charge in [0.15, 0.2) is 5.78 Å².